The van der Waals surface area contributed by atoms with Gasteiger partial charge in [0.15, 0.2) is 0 Å². The average Bonchev–Trinajstić information content (AvgIpc) is 2.53. The molecule has 2 amide bonds. The molecule has 0 aromatic heterocycles. The van der Waals surface area contributed by atoms with Crippen molar-refractivity contribution in [2.45, 2.75) is 27.7 Å². The van der Waals surface area contributed by atoms with Gasteiger partial charge in [0.1, 0.15) is 5.41 Å². The Bertz CT molecular complexity index is 843. The SMILES string of the molecule is Cc1cc(C)cc(NC(=O)C(C)(C)C(=O)Nc2cccc(C#N)c2)c1. The lowest BCUT2D eigenvalue weighted by Crippen LogP contribution is -2.41. The molecule has 2 aromatic carbocycles. The standard InChI is InChI=1S/C20H21N3O2/c1-13-8-14(2)10-17(9-13)23-19(25)20(3,4)18(24)22-16-7-5-6-15(11-16)12-21/h5-11H,1-4H3,(H,22,24)(H,23,25). The monoisotopic (exact) mass is 335 g/mol. The largest absolute Gasteiger partial charge is 0.325 e. The van der Waals surface area contributed by atoms with Gasteiger partial charge in [0, 0.05) is 11.4 Å². The van der Waals surface area contributed by atoms with Crippen molar-refractivity contribution in [3.63, 3.8) is 0 Å². The molecule has 0 heterocycles. The Labute approximate surface area is 147 Å². The van der Waals surface area contributed by atoms with E-state index in [1.807, 2.05) is 38.1 Å². The van der Waals surface area contributed by atoms with Gasteiger partial charge in [-0.25, -0.2) is 0 Å². The van der Waals surface area contributed by atoms with Gasteiger partial charge in [-0.3, -0.25) is 9.59 Å². The molecule has 0 aliphatic rings. The Kier molecular flexibility index (Phi) is 5.23. The van der Waals surface area contributed by atoms with Crippen LogP contribution in [0.25, 0.3) is 0 Å². The van der Waals surface area contributed by atoms with E-state index in [9.17, 15) is 9.59 Å². The van der Waals surface area contributed by atoms with Gasteiger partial charge in [0.25, 0.3) is 0 Å². The van der Waals surface area contributed by atoms with Crippen LogP contribution < -0.4 is 10.6 Å². The van der Waals surface area contributed by atoms with Crippen molar-refractivity contribution in [3.8, 4) is 6.07 Å². The third-order valence-electron chi connectivity index (χ3n) is 3.86. The van der Waals surface area contributed by atoms with Crippen LogP contribution in [0.4, 0.5) is 11.4 Å². The number of hydrogen-bond donors (Lipinski definition) is 2. The van der Waals surface area contributed by atoms with Crippen LogP contribution in [-0.2, 0) is 9.59 Å². The van der Waals surface area contributed by atoms with Gasteiger partial charge < -0.3 is 10.6 Å². The zero-order valence-corrected chi connectivity index (χ0v) is 14.8. The Morgan fingerprint density at radius 3 is 2.04 bits per heavy atom. The third kappa shape index (κ3) is 4.45. The fourth-order valence-corrected chi connectivity index (χ4v) is 2.39. The molecular weight excluding hydrogens is 314 g/mol. The van der Waals surface area contributed by atoms with E-state index < -0.39 is 17.2 Å². The summed E-state index contributed by atoms with van der Waals surface area (Å²) < 4.78 is 0. The van der Waals surface area contributed by atoms with E-state index >= 15 is 0 Å². The lowest BCUT2D eigenvalue weighted by molar-refractivity contribution is -0.135. The van der Waals surface area contributed by atoms with Crippen molar-refractivity contribution in [2.24, 2.45) is 5.41 Å². The first-order valence-electron chi connectivity index (χ1n) is 7.94. The first-order valence-corrected chi connectivity index (χ1v) is 7.94. The molecule has 0 unspecified atom stereocenters. The van der Waals surface area contributed by atoms with E-state index in [2.05, 4.69) is 10.6 Å². The predicted octanol–water partition coefficient (Wildman–Crippen LogP) is 3.78. The number of anilines is 2. The van der Waals surface area contributed by atoms with Crippen molar-refractivity contribution >= 4 is 23.2 Å². The highest BCUT2D eigenvalue weighted by atomic mass is 16.2. The molecule has 0 aliphatic carbocycles. The van der Waals surface area contributed by atoms with E-state index in [1.165, 1.54) is 0 Å². The summed E-state index contributed by atoms with van der Waals surface area (Å²) in [4.78, 5) is 25.1. The van der Waals surface area contributed by atoms with Crippen LogP contribution in [0.1, 0.15) is 30.5 Å². The fraction of sp³-hybridized carbons (Fsp3) is 0.250. The van der Waals surface area contributed by atoms with E-state index in [1.54, 1.807) is 38.1 Å². The molecule has 5 heteroatoms. The Balaban J connectivity index is 2.14. The highest BCUT2D eigenvalue weighted by Crippen LogP contribution is 2.23. The molecule has 0 fully saturated rings. The van der Waals surface area contributed by atoms with Crippen molar-refractivity contribution in [2.75, 3.05) is 10.6 Å². The van der Waals surface area contributed by atoms with Gasteiger partial charge in [0.05, 0.1) is 11.6 Å². The van der Waals surface area contributed by atoms with E-state index in [4.69, 9.17) is 5.26 Å². The van der Waals surface area contributed by atoms with Crippen LogP contribution in [0.2, 0.25) is 0 Å². The molecule has 0 bridgehead atoms. The first kappa shape index (κ1) is 18.2. The number of nitriles is 1. The number of nitrogens with zero attached hydrogens (tertiary/aromatic N) is 1. The van der Waals surface area contributed by atoms with Gasteiger partial charge in [-0.15, -0.1) is 0 Å². The second-order valence-corrected chi connectivity index (χ2v) is 6.60. The van der Waals surface area contributed by atoms with Crippen LogP contribution in [0.5, 0.6) is 0 Å². The van der Waals surface area contributed by atoms with Gasteiger partial charge in [-0.2, -0.15) is 5.26 Å². The molecule has 2 N–H and O–H groups in total. The summed E-state index contributed by atoms with van der Waals surface area (Å²) in [5, 5.41) is 14.4. The van der Waals surface area contributed by atoms with Crippen molar-refractivity contribution in [3.05, 3.63) is 59.2 Å². The normalized spacial score (nSPS) is 10.7. The van der Waals surface area contributed by atoms with E-state index in [-0.39, 0.29) is 0 Å². The first-order chi connectivity index (χ1) is 11.7. The summed E-state index contributed by atoms with van der Waals surface area (Å²) in [5.74, 6) is -0.837. The number of benzene rings is 2. The summed E-state index contributed by atoms with van der Waals surface area (Å²) in [6, 6.07) is 14.3. The maximum Gasteiger partial charge on any atom is 0.239 e. The quantitative estimate of drug-likeness (QED) is 0.834. The zero-order chi connectivity index (χ0) is 18.6. The smallest absolute Gasteiger partial charge is 0.239 e. The molecular formula is C20H21N3O2. The lowest BCUT2D eigenvalue weighted by atomic mass is 9.90. The van der Waals surface area contributed by atoms with Gasteiger partial charge in [-0.05, 0) is 69.2 Å². The van der Waals surface area contributed by atoms with Crippen LogP contribution in [-0.4, -0.2) is 11.8 Å². The molecule has 0 aliphatic heterocycles. The third-order valence-corrected chi connectivity index (χ3v) is 3.86. The fourth-order valence-electron chi connectivity index (χ4n) is 2.39. The molecule has 25 heavy (non-hydrogen) atoms. The number of carbonyl (C=O) groups excluding carboxylic acids is 2. The maximum absolute atomic E-state index is 12.6. The van der Waals surface area contributed by atoms with E-state index in [0.717, 1.165) is 11.1 Å². The summed E-state index contributed by atoms with van der Waals surface area (Å²) in [7, 11) is 0. The van der Waals surface area contributed by atoms with Crippen LogP contribution in [0.3, 0.4) is 0 Å². The highest BCUT2D eigenvalue weighted by molar-refractivity contribution is 6.14. The second kappa shape index (κ2) is 7.18. The van der Waals surface area contributed by atoms with Crippen molar-refractivity contribution in [1.29, 1.82) is 5.26 Å². The molecule has 0 atom stereocenters. The number of aryl methyl sites for hydroxylation is 2. The van der Waals surface area contributed by atoms with Crippen molar-refractivity contribution < 1.29 is 9.59 Å². The number of nitrogens with one attached hydrogen (secondary N) is 2. The van der Waals surface area contributed by atoms with Crippen molar-refractivity contribution in [1.82, 2.24) is 0 Å². The summed E-state index contributed by atoms with van der Waals surface area (Å²) in [6.07, 6.45) is 0. The minimum atomic E-state index is -1.28. The lowest BCUT2D eigenvalue weighted by Gasteiger charge is -2.23. The Morgan fingerprint density at radius 1 is 0.920 bits per heavy atom. The maximum atomic E-state index is 12.6. The molecule has 0 saturated carbocycles. The molecule has 2 aromatic rings. The number of amides is 2. The zero-order valence-electron chi connectivity index (χ0n) is 14.8. The van der Waals surface area contributed by atoms with Crippen LogP contribution >= 0.6 is 0 Å². The predicted molar refractivity (Wildman–Crippen MR) is 98.1 cm³/mol. The molecule has 0 spiro atoms. The Hall–Kier alpha value is -3.13. The summed E-state index contributed by atoms with van der Waals surface area (Å²) in [5.41, 5.74) is 2.37. The molecule has 0 saturated heterocycles. The second-order valence-electron chi connectivity index (χ2n) is 6.60. The molecule has 0 radical (unpaired) electrons. The van der Waals surface area contributed by atoms with E-state index in [0.29, 0.717) is 16.9 Å². The number of hydrogen-bond acceptors (Lipinski definition) is 3. The minimum absolute atomic E-state index is 0.397. The van der Waals surface area contributed by atoms with Gasteiger partial charge in [0.2, 0.25) is 11.8 Å². The topological polar surface area (TPSA) is 82.0 Å². The van der Waals surface area contributed by atoms with Crippen LogP contribution in [0, 0.1) is 30.6 Å². The minimum Gasteiger partial charge on any atom is -0.325 e. The average molecular weight is 335 g/mol. The Morgan fingerprint density at radius 2 is 1.48 bits per heavy atom. The van der Waals surface area contributed by atoms with Crippen LogP contribution in [0.15, 0.2) is 42.5 Å². The summed E-state index contributed by atoms with van der Waals surface area (Å²) >= 11 is 0. The van der Waals surface area contributed by atoms with Gasteiger partial charge >= 0.3 is 0 Å². The molecule has 2 rings (SSSR count). The number of carbonyl (C=O) groups is 2. The number of rotatable bonds is 4. The molecule has 128 valence electrons. The summed E-state index contributed by atoms with van der Waals surface area (Å²) in [6.45, 7) is 7.02. The molecule has 5 nitrogen and oxygen atoms in total. The van der Waals surface area contributed by atoms with Gasteiger partial charge in [-0.1, -0.05) is 12.1 Å². The highest BCUT2D eigenvalue weighted by Gasteiger charge is 2.36.